The molecule has 0 aliphatic rings. The topological polar surface area (TPSA) is 26.0 Å². The monoisotopic (exact) mass is 233 g/mol. The van der Waals surface area contributed by atoms with Crippen molar-refractivity contribution >= 4 is 0 Å². The Bertz CT molecular complexity index is 503. The van der Waals surface area contributed by atoms with Gasteiger partial charge in [0.25, 0.3) is 0 Å². The van der Waals surface area contributed by atoms with Crippen LogP contribution in [-0.4, -0.2) is 6.54 Å². The number of hydrogen-bond acceptors (Lipinski definition) is 1. The molecule has 0 atom stereocenters. The number of benzene rings is 2. The van der Waals surface area contributed by atoms with E-state index in [1.54, 1.807) is 0 Å². The van der Waals surface area contributed by atoms with Crippen LogP contribution < -0.4 is 5.73 Å². The van der Waals surface area contributed by atoms with Gasteiger partial charge in [-0.25, -0.2) is 8.78 Å². The molecule has 0 radical (unpaired) electrons. The first-order chi connectivity index (χ1) is 8.19. The van der Waals surface area contributed by atoms with Crippen LogP contribution in [0, 0.1) is 11.6 Å². The fraction of sp³-hybridized carbons (Fsp3) is 0.143. The number of nitrogens with two attached hydrogens (primary N) is 1. The van der Waals surface area contributed by atoms with Crippen LogP contribution in [-0.2, 0) is 6.42 Å². The molecule has 2 rings (SSSR count). The largest absolute Gasteiger partial charge is 0.330 e. The van der Waals surface area contributed by atoms with Crippen LogP contribution >= 0.6 is 0 Å². The Hall–Kier alpha value is -1.74. The molecule has 1 nitrogen and oxygen atoms in total. The Labute approximate surface area is 98.9 Å². The third-order valence-electron chi connectivity index (χ3n) is 2.56. The molecule has 3 heteroatoms. The molecule has 0 fully saturated rings. The summed E-state index contributed by atoms with van der Waals surface area (Å²) in [5.41, 5.74) is 7.89. The van der Waals surface area contributed by atoms with Gasteiger partial charge < -0.3 is 5.73 Å². The fourth-order valence-electron chi connectivity index (χ4n) is 1.79. The van der Waals surface area contributed by atoms with Crippen molar-refractivity contribution in [3.05, 3.63) is 59.7 Å². The smallest absolute Gasteiger partial charge is 0.126 e. The molecule has 0 spiro atoms. The first-order valence-corrected chi connectivity index (χ1v) is 5.44. The second-order valence-corrected chi connectivity index (χ2v) is 3.90. The van der Waals surface area contributed by atoms with Gasteiger partial charge in [-0.05, 0) is 41.8 Å². The second kappa shape index (κ2) is 5.06. The van der Waals surface area contributed by atoms with E-state index in [1.807, 2.05) is 24.3 Å². The van der Waals surface area contributed by atoms with Crippen molar-refractivity contribution in [3.8, 4) is 11.1 Å². The first kappa shape index (κ1) is 11.7. The first-order valence-electron chi connectivity index (χ1n) is 5.44. The van der Waals surface area contributed by atoms with Crippen LogP contribution in [0.25, 0.3) is 11.1 Å². The van der Waals surface area contributed by atoms with Gasteiger partial charge in [0.15, 0.2) is 0 Å². The standard InChI is InChI=1S/C14H13F2N/c15-13-7-12(8-14(16)9-13)11-3-1-2-10(6-11)4-5-17/h1-3,6-9H,4-5,17H2. The van der Waals surface area contributed by atoms with E-state index in [0.717, 1.165) is 23.6 Å². The Morgan fingerprint density at radius 1 is 0.882 bits per heavy atom. The third-order valence-corrected chi connectivity index (χ3v) is 2.56. The molecule has 0 unspecified atom stereocenters. The maximum absolute atomic E-state index is 13.1. The van der Waals surface area contributed by atoms with Gasteiger partial charge >= 0.3 is 0 Å². The molecule has 0 saturated carbocycles. The summed E-state index contributed by atoms with van der Waals surface area (Å²) in [6, 6.07) is 11.1. The molecule has 2 N–H and O–H groups in total. The number of halogens is 2. The Balaban J connectivity index is 2.41. The molecule has 0 amide bonds. The van der Waals surface area contributed by atoms with E-state index >= 15 is 0 Å². The lowest BCUT2D eigenvalue weighted by molar-refractivity contribution is 0.584. The quantitative estimate of drug-likeness (QED) is 0.866. The molecule has 0 saturated heterocycles. The molecule has 2 aromatic rings. The highest BCUT2D eigenvalue weighted by molar-refractivity contribution is 5.64. The van der Waals surface area contributed by atoms with E-state index in [4.69, 9.17) is 5.73 Å². The Kier molecular flexibility index (Phi) is 3.49. The summed E-state index contributed by atoms with van der Waals surface area (Å²) >= 11 is 0. The summed E-state index contributed by atoms with van der Waals surface area (Å²) in [7, 11) is 0. The van der Waals surface area contributed by atoms with E-state index in [-0.39, 0.29) is 0 Å². The van der Waals surface area contributed by atoms with Gasteiger partial charge in [0.2, 0.25) is 0 Å². The van der Waals surface area contributed by atoms with Gasteiger partial charge in [0, 0.05) is 6.07 Å². The van der Waals surface area contributed by atoms with E-state index < -0.39 is 11.6 Å². The lowest BCUT2D eigenvalue weighted by Gasteiger charge is -2.05. The van der Waals surface area contributed by atoms with E-state index in [9.17, 15) is 8.78 Å². The lowest BCUT2D eigenvalue weighted by Crippen LogP contribution is -2.02. The van der Waals surface area contributed by atoms with Crippen LogP contribution in [0.5, 0.6) is 0 Å². The molecule has 0 aromatic heterocycles. The SMILES string of the molecule is NCCc1cccc(-c2cc(F)cc(F)c2)c1. The van der Waals surface area contributed by atoms with Crippen molar-refractivity contribution in [1.29, 1.82) is 0 Å². The zero-order valence-corrected chi connectivity index (χ0v) is 9.29. The molecular weight excluding hydrogens is 220 g/mol. The van der Waals surface area contributed by atoms with Gasteiger partial charge in [-0.2, -0.15) is 0 Å². The van der Waals surface area contributed by atoms with Crippen LogP contribution in [0.2, 0.25) is 0 Å². The predicted molar refractivity (Wildman–Crippen MR) is 64.6 cm³/mol. The maximum Gasteiger partial charge on any atom is 0.126 e. The van der Waals surface area contributed by atoms with Gasteiger partial charge in [0.05, 0.1) is 0 Å². The highest BCUT2D eigenvalue weighted by atomic mass is 19.1. The minimum Gasteiger partial charge on any atom is -0.330 e. The van der Waals surface area contributed by atoms with Gasteiger partial charge in [-0.15, -0.1) is 0 Å². The summed E-state index contributed by atoms with van der Waals surface area (Å²) in [6.45, 7) is 0.557. The zero-order valence-electron chi connectivity index (χ0n) is 9.29. The van der Waals surface area contributed by atoms with Gasteiger partial charge in [-0.1, -0.05) is 24.3 Å². The number of rotatable bonds is 3. The molecule has 0 aliphatic carbocycles. The fourth-order valence-corrected chi connectivity index (χ4v) is 1.79. The molecule has 17 heavy (non-hydrogen) atoms. The number of hydrogen-bond donors (Lipinski definition) is 1. The summed E-state index contributed by atoms with van der Waals surface area (Å²) in [6.07, 6.45) is 0.756. The third kappa shape index (κ3) is 2.88. The lowest BCUT2D eigenvalue weighted by atomic mass is 10.0. The average Bonchev–Trinajstić information content (AvgIpc) is 2.28. The van der Waals surface area contributed by atoms with Crippen molar-refractivity contribution in [3.63, 3.8) is 0 Å². The minimum absolute atomic E-state index is 0.543. The molecule has 0 bridgehead atoms. The van der Waals surface area contributed by atoms with Crippen molar-refractivity contribution in [2.45, 2.75) is 6.42 Å². The van der Waals surface area contributed by atoms with E-state index in [2.05, 4.69) is 0 Å². The molecule has 2 aromatic carbocycles. The van der Waals surface area contributed by atoms with E-state index in [1.165, 1.54) is 12.1 Å². The maximum atomic E-state index is 13.1. The van der Waals surface area contributed by atoms with Gasteiger partial charge in [-0.3, -0.25) is 0 Å². The zero-order chi connectivity index (χ0) is 12.3. The Morgan fingerprint density at radius 3 is 2.24 bits per heavy atom. The van der Waals surface area contributed by atoms with Crippen molar-refractivity contribution < 1.29 is 8.78 Å². The minimum atomic E-state index is -0.566. The average molecular weight is 233 g/mol. The summed E-state index contributed by atoms with van der Waals surface area (Å²) in [5, 5.41) is 0. The van der Waals surface area contributed by atoms with Crippen LogP contribution in [0.4, 0.5) is 8.78 Å². The summed E-state index contributed by atoms with van der Waals surface area (Å²) in [4.78, 5) is 0. The van der Waals surface area contributed by atoms with Crippen molar-refractivity contribution in [1.82, 2.24) is 0 Å². The Morgan fingerprint density at radius 2 is 1.59 bits per heavy atom. The highest BCUT2D eigenvalue weighted by Gasteiger charge is 2.03. The van der Waals surface area contributed by atoms with Gasteiger partial charge in [0.1, 0.15) is 11.6 Å². The van der Waals surface area contributed by atoms with Crippen LogP contribution in [0.15, 0.2) is 42.5 Å². The van der Waals surface area contributed by atoms with Crippen LogP contribution in [0.1, 0.15) is 5.56 Å². The summed E-state index contributed by atoms with van der Waals surface area (Å²) < 4.78 is 26.2. The molecular formula is C14H13F2N. The highest BCUT2D eigenvalue weighted by Crippen LogP contribution is 2.22. The predicted octanol–water partition coefficient (Wildman–Crippen LogP) is 3.13. The second-order valence-electron chi connectivity index (χ2n) is 3.90. The molecule has 0 aliphatic heterocycles. The normalized spacial score (nSPS) is 10.5. The molecule has 88 valence electrons. The van der Waals surface area contributed by atoms with Crippen molar-refractivity contribution in [2.24, 2.45) is 5.73 Å². The summed E-state index contributed by atoms with van der Waals surface area (Å²) in [5.74, 6) is -1.13. The molecule has 0 heterocycles. The van der Waals surface area contributed by atoms with Crippen LogP contribution in [0.3, 0.4) is 0 Å². The van der Waals surface area contributed by atoms with Crippen molar-refractivity contribution in [2.75, 3.05) is 6.54 Å². The van der Waals surface area contributed by atoms with E-state index in [0.29, 0.717) is 12.1 Å².